The van der Waals surface area contributed by atoms with Gasteiger partial charge in [0.25, 0.3) is 0 Å². The van der Waals surface area contributed by atoms with Gasteiger partial charge in [-0.1, -0.05) is 39.5 Å². The molecule has 0 heterocycles. The zero-order chi connectivity index (χ0) is 13.0. The molecule has 0 saturated heterocycles. The molecule has 2 heteroatoms. The van der Waals surface area contributed by atoms with Crippen LogP contribution in [0.5, 0.6) is 0 Å². The maximum Gasteiger partial charge on any atom is 0.0695 e. The Balaban J connectivity index is 1.97. The number of nitrogens with zero attached hydrogens (tertiary/aromatic N) is 1. The van der Waals surface area contributed by atoms with E-state index in [0.29, 0.717) is 6.04 Å². The Hall–Kier alpha value is -0.0800. The van der Waals surface area contributed by atoms with Crippen LogP contribution in [0.1, 0.15) is 71.6 Å². The van der Waals surface area contributed by atoms with E-state index >= 15 is 0 Å². The molecule has 2 fully saturated rings. The molecule has 2 rings (SSSR count). The molecule has 0 amide bonds. The number of aliphatic hydroxyl groups is 1. The monoisotopic (exact) mass is 253 g/mol. The minimum atomic E-state index is -0.0634. The van der Waals surface area contributed by atoms with Crippen molar-refractivity contribution in [2.24, 2.45) is 5.92 Å². The Morgan fingerprint density at radius 3 is 2.22 bits per heavy atom. The van der Waals surface area contributed by atoms with Gasteiger partial charge in [0.15, 0.2) is 0 Å². The molecule has 1 N–H and O–H groups in total. The Morgan fingerprint density at radius 2 is 1.61 bits per heavy atom. The van der Waals surface area contributed by atoms with Gasteiger partial charge in [0.05, 0.1) is 6.10 Å². The van der Waals surface area contributed by atoms with Crippen LogP contribution in [0.4, 0.5) is 0 Å². The van der Waals surface area contributed by atoms with Crippen molar-refractivity contribution >= 4 is 0 Å². The first-order valence-electron chi connectivity index (χ1n) is 8.12. The molecule has 0 aromatic rings. The van der Waals surface area contributed by atoms with Gasteiger partial charge in [-0.05, 0) is 44.6 Å². The third-order valence-corrected chi connectivity index (χ3v) is 4.88. The summed E-state index contributed by atoms with van der Waals surface area (Å²) in [6.45, 7) is 5.82. The number of hydrogen-bond donors (Lipinski definition) is 1. The molecule has 0 aromatic heterocycles. The highest BCUT2D eigenvalue weighted by Gasteiger charge is 2.33. The molecule has 0 radical (unpaired) electrons. The van der Waals surface area contributed by atoms with Crippen molar-refractivity contribution in [3.63, 3.8) is 0 Å². The minimum absolute atomic E-state index is 0.0634. The van der Waals surface area contributed by atoms with Gasteiger partial charge in [-0.3, -0.25) is 4.90 Å². The fraction of sp³-hybridized carbons (Fsp3) is 1.00. The first kappa shape index (κ1) is 14.3. The number of hydrogen-bond acceptors (Lipinski definition) is 2. The highest BCUT2D eigenvalue weighted by molar-refractivity contribution is 4.89. The van der Waals surface area contributed by atoms with Crippen molar-refractivity contribution in [3.8, 4) is 0 Å². The smallest absolute Gasteiger partial charge is 0.0695 e. The quantitative estimate of drug-likeness (QED) is 0.809. The van der Waals surface area contributed by atoms with Crippen LogP contribution >= 0.6 is 0 Å². The van der Waals surface area contributed by atoms with E-state index in [1.54, 1.807) is 0 Å². The van der Waals surface area contributed by atoms with Crippen LogP contribution in [-0.2, 0) is 0 Å². The molecule has 0 bridgehead atoms. The predicted molar refractivity (Wildman–Crippen MR) is 76.7 cm³/mol. The lowest BCUT2D eigenvalue weighted by Gasteiger charge is -2.41. The van der Waals surface area contributed by atoms with Crippen LogP contribution in [-0.4, -0.2) is 34.7 Å². The normalized spacial score (nSPS) is 30.5. The fourth-order valence-corrected chi connectivity index (χ4v) is 3.74. The summed E-state index contributed by atoms with van der Waals surface area (Å²) in [4.78, 5) is 2.69. The Morgan fingerprint density at radius 1 is 1.00 bits per heavy atom. The SMILES string of the molecule is CC(C)CCN(C1CCCC1)[C@@H]1CCCC[C@H]1O. The van der Waals surface area contributed by atoms with Crippen LogP contribution in [0.3, 0.4) is 0 Å². The second-order valence-electron chi connectivity index (χ2n) is 6.78. The zero-order valence-corrected chi connectivity index (χ0v) is 12.3. The molecule has 106 valence electrons. The van der Waals surface area contributed by atoms with Crippen molar-refractivity contribution in [1.82, 2.24) is 4.90 Å². The van der Waals surface area contributed by atoms with Gasteiger partial charge < -0.3 is 5.11 Å². The summed E-state index contributed by atoms with van der Waals surface area (Å²) in [5, 5.41) is 10.3. The van der Waals surface area contributed by atoms with Gasteiger partial charge in [0.1, 0.15) is 0 Å². The molecule has 2 saturated carbocycles. The van der Waals surface area contributed by atoms with Gasteiger partial charge in [-0.15, -0.1) is 0 Å². The molecular formula is C16H31NO. The third kappa shape index (κ3) is 3.71. The Labute approximate surface area is 113 Å². The lowest BCUT2D eigenvalue weighted by molar-refractivity contribution is -0.00291. The summed E-state index contributed by atoms with van der Waals surface area (Å²) in [5.74, 6) is 0.773. The fourth-order valence-electron chi connectivity index (χ4n) is 3.74. The minimum Gasteiger partial charge on any atom is -0.391 e. The Kier molecular flexibility index (Phi) is 5.50. The summed E-state index contributed by atoms with van der Waals surface area (Å²) in [7, 11) is 0. The maximum absolute atomic E-state index is 10.3. The van der Waals surface area contributed by atoms with E-state index in [-0.39, 0.29) is 6.10 Å². The highest BCUT2D eigenvalue weighted by atomic mass is 16.3. The van der Waals surface area contributed by atoms with Gasteiger partial charge in [0.2, 0.25) is 0 Å². The second-order valence-corrected chi connectivity index (χ2v) is 6.78. The van der Waals surface area contributed by atoms with Crippen LogP contribution in [0.15, 0.2) is 0 Å². The van der Waals surface area contributed by atoms with Crippen molar-refractivity contribution in [3.05, 3.63) is 0 Å². The molecule has 0 unspecified atom stereocenters. The summed E-state index contributed by atoms with van der Waals surface area (Å²) in [6.07, 6.45) is 11.5. The molecule has 18 heavy (non-hydrogen) atoms. The second kappa shape index (κ2) is 6.91. The van der Waals surface area contributed by atoms with Crippen LogP contribution in [0.2, 0.25) is 0 Å². The van der Waals surface area contributed by atoms with Crippen molar-refractivity contribution < 1.29 is 5.11 Å². The van der Waals surface area contributed by atoms with E-state index in [0.717, 1.165) is 18.4 Å². The highest BCUT2D eigenvalue weighted by Crippen LogP contribution is 2.31. The summed E-state index contributed by atoms with van der Waals surface area (Å²) in [6, 6.07) is 1.22. The van der Waals surface area contributed by atoms with Crippen molar-refractivity contribution in [2.75, 3.05) is 6.54 Å². The van der Waals surface area contributed by atoms with Crippen LogP contribution in [0, 0.1) is 5.92 Å². The third-order valence-electron chi connectivity index (χ3n) is 4.88. The van der Waals surface area contributed by atoms with Gasteiger partial charge in [-0.2, -0.15) is 0 Å². The van der Waals surface area contributed by atoms with Crippen LogP contribution < -0.4 is 0 Å². The largest absolute Gasteiger partial charge is 0.391 e. The van der Waals surface area contributed by atoms with Crippen molar-refractivity contribution in [1.29, 1.82) is 0 Å². The lowest BCUT2D eigenvalue weighted by Crippen LogP contribution is -2.50. The van der Waals surface area contributed by atoms with E-state index in [1.165, 1.54) is 57.9 Å². The molecule has 2 nitrogen and oxygen atoms in total. The molecule has 2 aliphatic carbocycles. The molecule has 2 atom stereocenters. The summed E-state index contributed by atoms with van der Waals surface area (Å²) in [5.41, 5.74) is 0. The first-order chi connectivity index (χ1) is 8.68. The zero-order valence-electron chi connectivity index (χ0n) is 12.3. The average molecular weight is 253 g/mol. The van der Waals surface area contributed by atoms with E-state index in [1.807, 2.05) is 0 Å². The standard InChI is InChI=1S/C16H31NO/c1-13(2)11-12-17(14-7-3-4-8-14)15-9-5-6-10-16(15)18/h13-16,18H,3-12H2,1-2H3/t15-,16-/m1/s1. The summed E-state index contributed by atoms with van der Waals surface area (Å²) >= 11 is 0. The van der Waals surface area contributed by atoms with Gasteiger partial charge in [-0.25, -0.2) is 0 Å². The van der Waals surface area contributed by atoms with E-state index in [4.69, 9.17) is 0 Å². The first-order valence-corrected chi connectivity index (χ1v) is 8.12. The predicted octanol–water partition coefficient (Wildman–Crippen LogP) is 3.58. The lowest BCUT2D eigenvalue weighted by atomic mass is 9.89. The number of rotatable bonds is 5. The molecule has 0 aliphatic heterocycles. The maximum atomic E-state index is 10.3. The van der Waals surface area contributed by atoms with Crippen LogP contribution in [0.25, 0.3) is 0 Å². The molecule has 0 spiro atoms. The van der Waals surface area contributed by atoms with Crippen molar-refractivity contribution in [2.45, 2.75) is 89.8 Å². The molecule has 2 aliphatic rings. The van der Waals surface area contributed by atoms with E-state index < -0.39 is 0 Å². The topological polar surface area (TPSA) is 23.5 Å². The Bertz CT molecular complexity index is 235. The van der Waals surface area contributed by atoms with E-state index in [9.17, 15) is 5.11 Å². The summed E-state index contributed by atoms with van der Waals surface area (Å²) < 4.78 is 0. The molecule has 0 aromatic carbocycles. The average Bonchev–Trinajstić information content (AvgIpc) is 2.85. The number of aliphatic hydroxyl groups excluding tert-OH is 1. The molecular weight excluding hydrogens is 222 g/mol. The van der Waals surface area contributed by atoms with Gasteiger partial charge in [0, 0.05) is 12.1 Å². The van der Waals surface area contributed by atoms with Gasteiger partial charge >= 0.3 is 0 Å². The van der Waals surface area contributed by atoms with E-state index in [2.05, 4.69) is 18.7 Å².